The molecule has 4 nitrogen and oxygen atoms in total. The van der Waals surface area contributed by atoms with E-state index in [9.17, 15) is 0 Å². The van der Waals surface area contributed by atoms with Crippen LogP contribution in [0.3, 0.4) is 0 Å². The Morgan fingerprint density at radius 1 is 1.47 bits per heavy atom. The lowest BCUT2D eigenvalue weighted by molar-refractivity contribution is 0.534. The summed E-state index contributed by atoms with van der Waals surface area (Å²) in [6.07, 6.45) is 3.12. The zero-order valence-electron chi connectivity index (χ0n) is 11.2. The lowest BCUT2D eigenvalue weighted by Crippen LogP contribution is -2.20. The van der Waals surface area contributed by atoms with Gasteiger partial charge in [-0.25, -0.2) is 0 Å². The van der Waals surface area contributed by atoms with Gasteiger partial charge < -0.3 is 9.73 Å². The molecule has 0 radical (unpaired) electrons. The van der Waals surface area contributed by atoms with E-state index in [2.05, 4.69) is 10.4 Å². The summed E-state index contributed by atoms with van der Waals surface area (Å²) < 4.78 is 6.97. The number of aromatic nitrogens is 2. The first-order chi connectivity index (χ1) is 9.08. The third-order valence-corrected chi connectivity index (χ3v) is 4.01. The molecule has 0 spiro atoms. The molecular formula is C13H17Cl2N3O. The number of halogens is 2. The van der Waals surface area contributed by atoms with Gasteiger partial charge in [0.05, 0.1) is 22.7 Å². The maximum Gasteiger partial charge on any atom is 0.197 e. The van der Waals surface area contributed by atoms with Gasteiger partial charge in [0.2, 0.25) is 0 Å². The minimum Gasteiger partial charge on any atom is -0.453 e. The molecule has 0 amide bonds. The lowest BCUT2D eigenvalue weighted by atomic mass is 10.0. The molecule has 2 heterocycles. The Morgan fingerprint density at radius 3 is 2.68 bits per heavy atom. The number of hydrogen-bond donors (Lipinski definition) is 1. The summed E-state index contributed by atoms with van der Waals surface area (Å²) in [5.41, 5.74) is 2.85. The van der Waals surface area contributed by atoms with E-state index in [1.165, 1.54) is 0 Å². The molecule has 0 bridgehead atoms. The van der Waals surface area contributed by atoms with E-state index in [0.717, 1.165) is 28.4 Å². The first-order valence-electron chi connectivity index (χ1n) is 6.18. The Labute approximate surface area is 122 Å². The lowest BCUT2D eigenvalue weighted by Gasteiger charge is -2.15. The SMILES string of the molecule is CCc1nn(C)c(CC(NC)c2ccoc2Cl)c1Cl. The van der Waals surface area contributed by atoms with Crippen LogP contribution in [0, 0.1) is 0 Å². The third-order valence-electron chi connectivity index (χ3n) is 3.27. The van der Waals surface area contributed by atoms with E-state index in [1.807, 2.05) is 31.8 Å². The topological polar surface area (TPSA) is 43.0 Å². The molecule has 0 aromatic carbocycles. The molecule has 0 aliphatic carbocycles. The van der Waals surface area contributed by atoms with Crippen molar-refractivity contribution in [3.05, 3.63) is 39.5 Å². The molecule has 2 aromatic heterocycles. The van der Waals surface area contributed by atoms with E-state index < -0.39 is 0 Å². The Hall–Kier alpha value is -0.970. The van der Waals surface area contributed by atoms with E-state index in [1.54, 1.807) is 6.26 Å². The van der Waals surface area contributed by atoms with Gasteiger partial charge in [0, 0.05) is 25.1 Å². The summed E-state index contributed by atoms with van der Waals surface area (Å²) in [6, 6.07) is 1.91. The van der Waals surface area contributed by atoms with Gasteiger partial charge in [-0.15, -0.1) is 0 Å². The summed E-state index contributed by atoms with van der Waals surface area (Å²) in [7, 11) is 3.79. The van der Waals surface area contributed by atoms with Crippen molar-refractivity contribution < 1.29 is 4.42 Å². The molecule has 0 aliphatic rings. The zero-order valence-corrected chi connectivity index (χ0v) is 12.7. The molecule has 104 valence electrons. The fourth-order valence-electron chi connectivity index (χ4n) is 2.16. The number of hydrogen-bond acceptors (Lipinski definition) is 3. The number of nitrogens with one attached hydrogen (secondary N) is 1. The van der Waals surface area contributed by atoms with Gasteiger partial charge in [-0.3, -0.25) is 4.68 Å². The van der Waals surface area contributed by atoms with Crippen LogP contribution in [0.4, 0.5) is 0 Å². The number of likely N-dealkylation sites (N-methyl/N-ethyl adjacent to an activating group) is 1. The van der Waals surface area contributed by atoms with E-state index >= 15 is 0 Å². The van der Waals surface area contributed by atoms with Crippen LogP contribution < -0.4 is 5.32 Å². The van der Waals surface area contributed by atoms with Crippen molar-refractivity contribution in [2.75, 3.05) is 7.05 Å². The molecule has 0 saturated carbocycles. The Bertz CT molecular complexity index is 562. The summed E-state index contributed by atoms with van der Waals surface area (Å²) in [5, 5.41) is 8.80. The van der Waals surface area contributed by atoms with Crippen LogP contribution in [0.2, 0.25) is 10.2 Å². The largest absolute Gasteiger partial charge is 0.453 e. The Morgan fingerprint density at radius 2 is 2.21 bits per heavy atom. The van der Waals surface area contributed by atoms with Gasteiger partial charge >= 0.3 is 0 Å². The number of furan rings is 1. The van der Waals surface area contributed by atoms with Crippen molar-refractivity contribution in [2.24, 2.45) is 7.05 Å². The number of nitrogens with zero attached hydrogens (tertiary/aromatic N) is 2. The van der Waals surface area contributed by atoms with Gasteiger partial charge in [-0.05, 0) is 31.1 Å². The van der Waals surface area contributed by atoms with Crippen LogP contribution in [0.25, 0.3) is 0 Å². The molecular weight excluding hydrogens is 285 g/mol. The first kappa shape index (κ1) is 14.4. The fourth-order valence-corrected chi connectivity index (χ4v) is 2.77. The van der Waals surface area contributed by atoms with Crippen molar-refractivity contribution in [1.82, 2.24) is 15.1 Å². The first-order valence-corrected chi connectivity index (χ1v) is 6.94. The van der Waals surface area contributed by atoms with Crippen LogP contribution in [-0.2, 0) is 19.9 Å². The van der Waals surface area contributed by atoms with Crippen LogP contribution in [0.5, 0.6) is 0 Å². The average molecular weight is 302 g/mol. The van der Waals surface area contributed by atoms with Gasteiger partial charge in [0.25, 0.3) is 0 Å². The summed E-state index contributed by atoms with van der Waals surface area (Å²) in [5.74, 6) is 0. The van der Waals surface area contributed by atoms with Gasteiger partial charge in [0.1, 0.15) is 0 Å². The monoisotopic (exact) mass is 301 g/mol. The summed E-state index contributed by atoms with van der Waals surface area (Å²) in [6.45, 7) is 2.04. The average Bonchev–Trinajstić information content (AvgIpc) is 2.93. The van der Waals surface area contributed by atoms with Crippen molar-refractivity contribution in [2.45, 2.75) is 25.8 Å². The van der Waals surface area contributed by atoms with Crippen molar-refractivity contribution >= 4 is 23.2 Å². The van der Waals surface area contributed by atoms with Gasteiger partial charge in [-0.2, -0.15) is 5.10 Å². The molecule has 2 rings (SSSR count). The molecule has 19 heavy (non-hydrogen) atoms. The molecule has 0 saturated heterocycles. The van der Waals surface area contributed by atoms with E-state index in [0.29, 0.717) is 11.6 Å². The molecule has 0 fully saturated rings. The highest BCUT2D eigenvalue weighted by atomic mass is 35.5. The number of rotatable bonds is 5. The molecule has 2 aromatic rings. The second kappa shape index (κ2) is 5.99. The Balaban J connectivity index is 2.29. The molecule has 0 aliphatic heterocycles. The van der Waals surface area contributed by atoms with Crippen molar-refractivity contribution in [3.8, 4) is 0 Å². The highest BCUT2D eigenvalue weighted by Gasteiger charge is 2.21. The Kier molecular flexibility index (Phi) is 4.55. The van der Waals surface area contributed by atoms with E-state index in [4.69, 9.17) is 27.6 Å². The highest BCUT2D eigenvalue weighted by Crippen LogP contribution is 2.30. The normalized spacial score (nSPS) is 12.9. The van der Waals surface area contributed by atoms with Gasteiger partial charge in [-0.1, -0.05) is 18.5 Å². The predicted octanol–water partition coefficient (Wildman–Crippen LogP) is 3.39. The van der Waals surface area contributed by atoms with Crippen LogP contribution >= 0.6 is 23.2 Å². The number of aryl methyl sites for hydroxylation is 2. The maximum absolute atomic E-state index is 6.36. The van der Waals surface area contributed by atoms with Crippen molar-refractivity contribution in [1.29, 1.82) is 0 Å². The predicted molar refractivity (Wildman–Crippen MR) is 76.8 cm³/mol. The minimum absolute atomic E-state index is 0.0452. The van der Waals surface area contributed by atoms with E-state index in [-0.39, 0.29) is 6.04 Å². The molecule has 1 atom stereocenters. The summed E-state index contributed by atoms with van der Waals surface area (Å²) in [4.78, 5) is 0. The second-order valence-corrected chi connectivity index (χ2v) is 5.10. The van der Waals surface area contributed by atoms with Crippen LogP contribution in [0.1, 0.15) is 29.9 Å². The molecule has 1 N–H and O–H groups in total. The standard InChI is InChI=1S/C13H17Cl2N3O/c1-4-9-12(14)11(18(3)17-9)7-10(16-2)8-5-6-19-13(8)15/h5-6,10,16H,4,7H2,1-3H3. The van der Waals surface area contributed by atoms with Crippen LogP contribution in [-0.4, -0.2) is 16.8 Å². The fraction of sp³-hybridized carbons (Fsp3) is 0.462. The quantitative estimate of drug-likeness (QED) is 0.920. The maximum atomic E-state index is 6.36. The van der Waals surface area contributed by atoms with Gasteiger partial charge in [0.15, 0.2) is 5.22 Å². The highest BCUT2D eigenvalue weighted by molar-refractivity contribution is 6.32. The third kappa shape index (κ3) is 2.81. The minimum atomic E-state index is 0.0452. The van der Waals surface area contributed by atoms with Crippen LogP contribution in [0.15, 0.2) is 16.7 Å². The zero-order chi connectivity index (χ0) is 14.0. The van der Waals surface area contributed by atoms with Crippen molar-refractivity contribution in [3.63, 3.8) is 0 Å². The summed E-state index contributed by atoms with van der Waals surface area (Å²) >= 11 is 12.4. The second-order valence-electron chi connectivity index (χ2n) is 4.38. The molecule has 6 heteroatoms. The molecule has 1 unspecified atom stereocenters. The smallest absolute Gasteiger partial charge is 0.197 e.